The van der Waals surface area contributed by atoms with E-state index in [4.69, 9.17) is 5.73 Å². The first-order valence-electron chi connectivity index (χ1n) is 8.66. The molecule has 2 aromatic heterocycles. The highest BCUT2D eigenvalue weighted by Crippen LogP contribution is 2.31. The Kier molecular flexibility index (Phi) is 5.23. The second-order valence-electron chi connectivity index (χ2n) is 6.28. The van der Waals surface area contributed by atoms with Crippen molar-refractivity contribution in [1.82, 2.24) is 9.38 Å². The fourth-order valence-corrected chi connectivity index (χ4v) is 3.39. The monoisotopic (exact) mass is 381 g/mol. The summed E-state index contributed by atoms with van der Waals surface area (Å²) in [6.45, 7) is 1.82. The summed E-state index contributed by atoms with van der Waals surface area (Å²) in [5.74, 6) is -3.62. The van der Waals surface area contributed by atoms with E-state index >= 15 is 0 Å². The summed E-state index contributed by atoms with van der Waals surface area (Å²) in [5, 5.41) is 19.3. The Labute approximate surface area is 160 Å². The average Bonchev–Trinajstić information content (AvgIpc) is 3.00. The smallest absolute Gasteiger partial charge is 0.338 e. The molecule has 0 aliphatic rings. The number of hydrogen-bond donors (Lipinski definition) is 3. The molecular weight excluding hydrogens is 362 g/mol. The number of carboxylic acid groups (broad SMARTS) is 1. The summed E-state index contributed by atoms with van der Waals surface area (Å²) in [5.41, 5.74) is 7.33. The largest absolute Gasteiger partial charge is 0.479 e. The fraction of sp³-hybridized carbons (Fsp3) is 0.200. The third kappa shape index (κ3) is 3.25. The van der Waals surface area contributed by atoms with E-state index < -0.39 is 23.8 Å². The van der Waals surface area contributed by atoms with Crippen LogP contribution >= 0.6 is 0 Å². The number of benzene rings is 1. The van der Waals surface area contributed by atoms with Crippen molar-refractivity contribution in [2.45, 2.75) is 25.9 Å². The molecular formula is C20H19N3O5. The Morgan fingerprint density at radius 3 is 2.46 bits per heavy atom. The van der Waals surface area contributed by atoms with Crippen LogP contribution < -0.4 is 5.73 Å². The molecule has 3 aromatic rings. The van der Waals surface area contributed by atoms with Gasteiger partial charge in [-0.15, -0.1) is 0 Å². The predicted octanol–water partition coefficient (Wildman–Crippen LogP) is 1.27. The molecule has 28 heavy (non-hydrogen) atoms. The lowest BCUT2D eigenvalue weighted by Crippen LogP contribution is -2.24. The number of carbonyl (C=O) groups excluding carboxylic acids is 2. The van der Waals surface area contributed by atoms with E-state index in [9.17, 15) is 24.6 Å². The van der Waals surface area contributed by atoms with Crippen molar-refractivity contribution in [3.8, 4) is 0 Å². The molecule has 0 spiro atoms. The molecule has 0 radical (unpaired) electrons. The number of nitrogens with zero attached hydrogens (tertiary/aromatic N) is 2. The lowest BCUT2D eigenvalue weighted by atomic mass is 9.98. The van der Waals surface area contributed by atoms with Crippen LogP contribution in [0, 0.1) is 0 Å². The van der Waals surface area contributed by atoms with E-state index in [1.807, 2.05) is 37.3 Å². The van der Waals surface area contributed by atoms with Gasteiger partial charge in [-0.1, -0.05) is 37.3 Å². The molecule has 0 aliphatic heterocycles. The lowest BCUT2D eigenvalue weighted by Gasteiger charge is -2.10. The number of nitrogens with two attached hydrogens (primary N) is 1. The number of amides is 1. The van der Waals surface area contributed by atoms with Crippen LogP contribution in [0.5, 0.6) is 0 Å². The van der Waals surface area contributed by atoms with Gasteiger partial charge in [-0.05, 0) is 17.5 Å². The van der Waals surface area contributed by atoms with Gasteiger partial charge in [-0.25, -0.2) is 4.79 Å². The maximum atomic E-state index is 12.6. The number of primary amides is 1. The summed E-state index contributed by atoms with van der Waals surface area (Å²) in [6, 6.07) is 9.49. The van der Waals surface area contributed by atoms with Crippen molar-refractivity contribution in [1.29, 1.82) is 0 Å². The molecule has 4 N–H and O–H groups in total. The summed E-state index contributed by atoms with van der Waals surface area (Å²) in [6.07, 6.45) is 1.81. The molecule has 1 atom stereocenters. The maximum absolute atomic E-state index is 12.6. The number of carboxylic acids is 1. The molecule has 0 bridgehead atoms. The van der Waals surface area contributed by atoms with Gasteiger partial charge in [-0.3, -0.25) is 14.6 Å². The van der Waals surface area contributed by atoms with Crippen LogP contribution in [0.2, 0.25) is 0 Å². The lowest BCUT2D eigenvalue weighted by molar-refractivity contribution is -0.147. The normalized spacial score (nSPS) is 12.1. The van der Waals surface area contributed by atoms with Gasteiger partial charge >= 0.3 is 5.97 Å². The fourth-order valence-electron chi connectivity index (χ4n) is 3.39. The quantitative estimate of drug-likeness (QED) is 0.417. The standard InChI is InChI=1S/C20H19N3O5/c1-2-12-13(10-11-6-4-3-5-7-11)23-9-8-22-15(18(25)20(27)28)16(23)14(12)17(24)19(21)26/h3-9,18,25H,2,10H2,1H3,(H2,21,26)(H,27,28). The second kappa shape index (κ2) is 7.61. The second-order valence-corrected chi connectivity index (χ2v) is 6.28. The Morgan fingerprint density at radius 1 is 1.21 bits per heavy atom. The number of aromatic nitrogens is 2. The number of aliphatic hydroxyl groups excluding tert-OH is 1. The number of hydrogen-bond acceptors (Lipinski definition) is 5. The first kappa shape index (κ1) is 19.2. The van der Waals surface area contributed by atoms with Crippen LogP contribution in [-0.4, -0.2) is 37.3 Å². The molecule has 1 aromatic carbocycles. The first-order valence-corrected chi connectivity index (χ1v) is 8.66. The average molecular weight is 381 g/mol. The predicted molar refractivity (Wildman–Crippen MR) is 99.9 cm³/mol. The molecule has 0 saturated carbocycles. The van der Waals surface area contributed by atoms with Crippen LogP contribution in [-0.2, 0) is 22.4 Å². The highest BCUT2D eigenvalue weighted by atomic mass is 16.4. The van der Waals surface area contributed by atoms with Gasteiger partial charge in [0.05, 0.1) is 11.1 Å². The van der Waals surface area contributed by atoms with Crippen LogP contribution in [0.3, 0.4) is 0 Å². The number of aliphatic hydroxyl groups is 1. The number of fused-ring (bicyclic) bond motifs is 1. The van der Waals surface area contributed by atoms with Gasteiger partial charge in [0.1, 0.15) is 5.69 Å². The van der Waals surface area contributed by atoms with Gasteiger partial charge in [0.2, 0.25) is 0 Å². The summed E-state index contributed by atoms with van der Waals surface area (Å²) in [4.78, 5) is 39.6. The molecule has 2 heterocycles. The van der Waals surface area contributed by atoms with Crippen molar-refractivity contribution in [3.63, 3.8) is 0 Å². The first-order chi connectivity index (χ1) is 13.4. The Hall–Kier alpha value is -3.52. The van der Waals surface area contributed by atoms with Crippen molar-refractivity contribution in [2.75, 3.05) is 0 Å². The van der Waals surface area contributed by atoms with Crippen molar-refractivity contribution in [3.05, 3.63) is 70.8 Å². The van der Waals surface area contributed by atoms with E-state index in [-0.39, 0.29) is 16.8 Å². The maximum Gasteiger partial charge on any atom is 0.338 e. The zero-order valence-electron chi connectivity index (χ0n) is 15.1. The van der Waals surface area contributed by atoms with Crippen LogP contribution in [0.1, 0.15) is 45.9 Å². The third-order valence-electron chi connectivity index (χ3n) is 4.60. The van der Waals surface area contributed by atoms with Gasteiger partial charge in [0.25, 0.3) is 11.7 Å². The van der Waals surface area contributed by atoms with Crippen molar-refractivity contribution < 1.29 is 24.6 Å². The summed E-state index contributed by atoms with van der Waals surface area (Å²) in [7, 11) is 0. The Balaban J connectivity index is 2.37. The molecule has 8 heteroatoms. The zero-order valence-corrected chi connectivity index (χ0v) is 15.1. The van der Waals surface area contributed by atoms with E-state index in [1.165, 1.54) is 6.20 Å². The highest BCUT2D eigenvalue weighted by Gasteiger charge is 2.31. The molecule has 0 aliphatic carbocycles. The number of rotatable bonds is 7. The molecule has 0 fully saturated rings. The molecule has 3 rings (SSSR count). The topological polar surface area (TPSA) is 135 Å². The number of aliphatic carboxylic acids is 1. The van der Waals surface area contributed by atoms with E-state index in [2.05, 4.69) is 4.98 Å². The van der Waals surface area contributed by atoms with Crippen molar-refractivity contribution >= 4 is 23.2 Å². The van der Waals surface area contributed by atoms with Gasteiger partial charge in [-0.2, -0.15) is 0 Å². The van der Waals surface area contributed by atoms with Crippen LogP contribution in [0.25, 0.3) is 5.52 Å². The Morgan fingerprint density at radius 2 is 1.89 bits per heavy atom. The molecule has 1 unspecified atom stereocenters. The van der Waals surface area contributed by atoms with Gasteiger partial charge < -0.3 is 20.3 Å². The minimum absolute atomic E-state index is 0.00988. The summed E-state index contributed by atoms with van der Waals surface area (Å²) < 4.78 is 1.61. The number of carbonyl (C=O) groups is 3. The van der Waals surface area contributed by atoms with E-state index in [0.29, 0.717) is 24.1 Å². The minimum atomic E-state index is -1.95. The molecule has 8 nitrogen and oxygen atoms in total. The van der Waals surface area contributed by atoms with Gasteiger partial charge in [0, 0.05) is 24.5 Å². The SMILES string of the molecule is CCc1c(C(=O)C(N)=O)c2c(C(O)C(=O)O)nccn2c1Cc1ccccc1. The van der Waals surface area contributed by atoms with Crippen LogP contribution in [0.15, 0.2) is 42.7 Å². The summed E-state index contributed by atoms with van der Waals surface area (Å²) >= 11 is 0. The molecule has 0 saturated heterocycles. The zero-order chi connectivity index (χ0) is 20.4. The Bertz CT molecular complexity index is 1070. The molecule has 144 valence electrons. The number of Topliss-reactive ketones (excluding diaryl/α,β-unsaturated/α-hetero) is 1. The van der Waals surface area contributed by atoms with E-state index in [0.717, 1.165) is 5.56 Å². The van der Waals surface area contributed by atoms with Crippen molar-refractivity contribution in [2.24, 2.45) is 5.73 Å². The van der Waals surface area contributed by atoms with E-state index in [1.54, 1.807) is 10.6 Å². The number of ketones is 1. The van der Waals surface area contributed by atoms with Gasteiger partial charge in [0.15, 0.2) is 6.10 Å². The third-order valence-corrected chi connectivity index (χ3v) is 4.60. The highest BCUT2D eigenvalue weighted by molar-refractivity contribution is 6.44. The molecule has 1 amide bonds. The van der Waals surface area contributed by atoms with Crippen LogP contribution in [0.4, 0.5) is 0 Å². The minimum Gasteiger partial charge on any atom is -0.479 e.